The summed E-state index contributed by atoms with van der Waals surface area (Å²) in [5.41, 5.74) is 0. The molecule has 0 N–H and O–H groups in total. The molecule has 0 aliphatic heterocycles. The fraction of sp³-hybridized carbons (Fsp3) is 0.902. The molecular weight excluding hydrogens is 813 g/mol. The van der Waals surface area contributed by atoms with E-state index in [0.717, 1.165) is 38.5 Å². The molecule has 5 nitrogen and oxygen atoms in total. The second-order valence-corrected chi connectivity index (χ2v) is 20.3. The van der Waals surface area contributed by atoms with Crippen molar-refractivity contribution >= 4 is 11.9 Å². The highest BCUT2D eigenvalue weighted by atomic mass is 16.6. The minimum absolute atomic E-state index is 0.0894. The van der Waals surface area contributed by atoms with Crippen LogP contribution in [-0.2, 0) is 23.8 Å². The number of rotatable bonds is 56. The van der Waals surface area contributed by atoms with Crippen LogP contribution in [0.5, 0.6) is 0 Å². The van der Waals surface area contributed by atoms with Crippen LogP contribution < -0.4 is 0 Å². The Labute approximate surface area is 413 Å². The first-order valence-electron chi connectivity index (χ1n) is 29.9. The van der Waals surface area contributed by atoms with Crippen molar-refractivity contribution in [2.45, 2.75) is 335 Å². The Morgan fingerprint density at radius 3 is 1.03 bits per heavy atom. The lowest BCUT2D eigenvalue weighted by molar-refractivity contribution is -0.163. The van der Waals surface area contributed by atoms with Crippen LogP contribution in [0.15, 0.2) is 24.3 Å². The van der Waals surface area contributed by atoms with E-state index < -0.39 is 6.10 Å². The van der Waals surface area contributed by atoms with Gasteiger partial charge in [0.25, 0.3) is 0 Å². The molecule has 0 aliphatic rings. The zero-order valence-corrected chi connectivity index (χ0v) is 45.0. The van der Waals surface area contributed by atoms with Gasteiger partial charge in [0.1, 0.15) is 6.61 Å². The van der Waals surface area contributed by atoms with Crippen molar-refractivity contribution in [1.29, 1.82) is 0 Å². The zero-order chi connectivity index (χ0) is 47.7. The number of allylic oxidation sites excluding steroid dienone is 4. The van der Waals surface area contributed by atoms with E-state index in [0.29, 0.717) is 26.1 Å². The smallest absolute Gasteiger partial charge is 0.306 e. The highest BCUT2D eigenvalue weighted by Crippen LogP contribution is 2.17. The molecule has 0 heterocycles. The first kappa shape index (κ1) is 64.4. The van der Waals surface area contributed by atoms with Crippen molar-refractivity contribution in [2.75, 3.05) is 19.8 Å². The SMILES string of the molecule is CCCCC/C=C\C/C=C\CCCCCCCCCC(=O)OCC(COCCCCCCCCCCCCCCCCCCCCCC)OC(=O)CCCCCCCCCCCCCCC. The molecule has 0 aromatic carbocycles. The topological polar surface area (TPSA) is 61.8 Å². The van der Waals surface area contributed by atoms with Crippen molar-refractivity contribution < 1.29 is 23.8 Å². The minimum atomic E-state index is -0.532. The molecule has 0 saturated carbocycles. The molecule has 0 radical (unpaired) electrons. The Kier molecular flexibility index (Phi) is 56.3. The molecule has 0 rings (SSSR count). The molecule has 1 unspecified atom stereocenters. The lowest BCUT2D eigenvalue weighted by atomic mass is 10.0. The summed E-state index contributed by atoms with van der Waals surface area (Å²) in [7, 11) is 0. The van der Waals surface area contributed by atoms with Gasteiger partial charge in [-0.2, -0.15) is 0 Å². The van der Waals surface area contributed by atoms with E-state index >= 15 is 0 Å². The van der Waals surface area contributed by atoms with Gasteiger partial charge in [0.05, 0.1) is 6.61 Å². The molecule has 0 aromatic rings. The normalized spacial score (nSPS) is 12.2. The third-order valence-corrected chi connectivity index (χ3v) is 13.5. The molecule has 0 fully saturated rings. The third-order valence-electron chi connectivity index (χ3n) is 13.5. The molecule has 0 saturated heterocycles. The molecule has 0 aromatic heterocycles. The Morgan fingerprint density at radius 1 is 0.333 bits per heavy atom. The summed E-state index contributed by atoms with van der Waals surface area (Å²) in [6.07, 6.45) is 69.2. The van der Waals surface area contributed by atoms with Crippen LogP contribution in [0.3, 0.4) is 0 Å². The second-order valence-electron chi connectivity index (χ2n) is 20.3. The van der Waals surface area contributed by atoms with Gasteiger partial charge in [-0.05, 0) is 51.4 Å². The van der Waals surface area contributed by atoms with Crippen molar-refractivity contribution in [1.82, 2.24) is 0 Å². The lowest BCUT2D eigenvalue weighted by Crippen LogP contribution is -2.30. The van der Waals surface area contributed by atoms with Crippen molar-refractivity contribution in [3.63, 3.8) is 0 Å². The van der Waals surface area contributed by atoms with Crippen LogP contribution in [0.25, 0.3) is 0 Å². The van der Waals surface area contributed by atoms with Crippen LogP contribution in [0.4, 0.5) is 0 Å². The summed E-state index contributed by atoms with van der Waals surface area (Å²) in [4.78, 5) is 25.5. The van der Waals surface area contributed by atoms with Crippen molar-refractivity contribution in [3.8, 4) is 0 Å². The standard InChI is InChI=1S/C61H116O5/c1-4-7-10-13-16-19-22-25-27-29-30-31-33-35-38-41-44-47-50-53-56-64-57-59(66-61(63)55-52-49-46-43-40-36-24-21-18-15-12-9-6-3)58-65-60(62)54-51-48-45-42-39-37-34-32-28-26-23-20-17-14-11-8-5-2/h17,20,26,28,59H,4-16,18-19,21-25,27,29-58H2,1-3H3/b20-17-,28-26-. The van der Waals surface area contributed by atoms with Gasteiger partial charge in [0.2, 0.25) is 0 Å². The number of ether oxygens (including phenoxy) is 3. The van der Waals surface area contributed by atoms with Gasteiger partial charge in [-0.25, -0.2) is 0 Å². The fourth-order valence-electron chi connectivity index (χ4n) is 9.01. The van der Waals surface area contributed by atoms with Crippen LogP contribution in [0, 0.1) is 0 Å². The molecule has 66 heavy (non-hydrogen) atoms. The first-order valence-corrected chi connectivity index (χ1v) is 29.9. The van der Waals surface area contributed by atoms with Crippen LogP contribution in [0.1, 0.15) is 329 Å². The largest absolute Gasteiger partial charge is 0.462 e. The van der Waals surface area contributed by atoms with E-state index in [9.17, 15) is 9.59 Å². The number of esters is 2. The summed E-state index contributed by atoms with van der Waals surface area (Å²) in [5, 5.41) is 0. The van der Waals surface area contributed by atoms with E-state index in [1.165, 1.54) is 257 Å². The Bertz CT molecular complexity index is 1010. The van der Waals surface area contributed by atoms with Crippen molar-refractivity contribution in [2.24, 2.45) is 0 Å². The predicted molar refractivity (Wildman–Crippen MR) is 289 cm³/mol. The van der Waals surface area contributed by atoms with E-state index in [1.807, 2.05) is 0 Å². The van der Waals surface area contributed by atoms with Gasteiger partial charge < -0.3 is 14.2 Å². The highest BCUT2D eigenvalue weighted by Gasteiger charge is 2.17. The Morgan fingerprint density at radius 2 is 0.636 bits per heavy atom. The number of unbranched alkanes of at least 4 members (excludes halogenated alkanes) is 41. The van der Waals surface area contributed by atoms with E-state index in [4.69, 9.17) is 14.2 Å². The second kappa shape index (κ2) is 57.7. The average Bonchev–Trinajstić information content (AvgIpc) is 3.32. The molecule has 5 heteroatoms. The van der Waals surface area contributed by atoms with Gasteiger partial charge in [0.15, 0.2) is 6.10 Å². The first-order chi connectivity index (χ1) is 32.6. The summed E-state index contributed by atoms with van der Waals surface area (Å²) in [6.45, 7) is 7.87. The average molecular weight is 930 g/mol. The molecular formula is C61H116O5. The quantitative estimate of drug-likeness (QED) is 0.0345. The maximum atomic E-state index is 12.8. The molecule has 0 amide bonds. The monoisotopic (exact) mass is 929 g/mol. The van der Waals surface area contributed by atoms with Gasteiger partial charge in [-0.15, -0.1) is 0 Å². The lowest BCUT2D eigenvalue weighted by Gasteiger charge is -2.18. The molecule has 390 valence electrons. The highest BCUT2D eigenvalue weighted by molar-refractivity contribution is 5.70. The Balaban J connectivity index is 4.18. The van der Waals surface area contributed by atoms with E-state index in [-0.39, 0.29) is 18.5 Å². The fourth-order valence-corrected chi connectivity index (χ4v) is 9.01. The third kappa shape index (κ3) is 55.0. The summed E-state index contributed by atoms with van der Waals surface area (Å²) >= 11 is 0. The van der Waals surface area contributed by atoms with Crippen LogP contribution in [-0.4, -0.2) is 37.9 Å². The zero-order valence-electron chi connectivity index (χ0n) is 45.0. The van der Waals surface area contributed by atoms with Gasteiger partial charge in [-0.1, -0.05) is 289 Å². The molecule has 0 aliphatic carbocycles. The summed E-state index contributed by atoms with van der Waals surface area (Å²) in [5.74, 6) is -0.382. The van der Waals surface area contributed by atoms with Gasteiger partial charge in [-0.3, -0.25) is 9.59 Å². The van der Waals surface area contributed by atoms with Gasteiger partial charge >= 0.3 is 11.9 Å². The van der Waals surface area contributed by atoms with Gasteiger partial charge in [0, 0.05) is 19.4 Å². The maximum absolute atomic E-state index is 12.8. The van der Waals surface area contributed by atoms with E-state index in [1.54, 1.807) is 0 Å². The van der Waals surface area contributed by atoms with Crippen molar-refractivity contribution in [3.05, 3.63) is 24.3 Å². The Hall–Kier alpha value is -1.62. The number of hydrogen-bond donors (Lipinski definition) is 0. The number of hydrogen-bond acceptors (Lipinski definition) is 5. The summed E-state index contributed by atoms with van der Waals surface area (Å²) < 4.78 is 17.5. The molecule has 0 spiro atoms. The molecule has 1 atom stereocenters. The minimum Gasteiger partial charge on any atom is -0.462 e. The number of carbonyl (C=O) groups is 2. The predicted octanol–water partition coefficient (Wildman–Crippen LogP) is 20.4. The van der Waals surface area contributed by atoms with E-state index in [2.05, 4.69) is 45.1 Å². The molecule has 0 bridgehead atoms. The van der Waals surface area contributed by atoms with Crippen LogP contribution >= 0.6 is 0 Å². The maximum Gasteiger partial charge on any atom is 0.306 e. The van der Waals surface area contributed by atoms with Crippen LogP contribution in [0.2, 0.25) is 0 Å². The summed E-state index contributed by atoms with van der Waals surface area (Å²) in [6, 6.07) is 0. The number of carbonyl (C=O) groups excluding carboxylic acids is 2.